The molecule has 4 atom stereocenters. The molecule has 1 saturated carbocycles. The number of hydrogen-bond donors (Lipinski definition) is 2. The van der Waals surface area contributed by atoms with Crippen molar-refractivity contribution in [2.24, 2.45) is 17.3 Å². The van der Waals surface area contributed by atoms with Crippen LogP contribution in [-0.4, -0.2) is 50.6 Å². The Morgan fingerprint density at radius 3 is 2.52 bits per heavy atom. The summed E-state index contributed by atoms with van der Waals surface area (Å²) < 4.78 is 5.97. The number of ether oxygens (including phenoxy) is 1. The fourth-order valence-corrected chi connectivity index (χ4v) is 6.34. The van der Waals surface area contributed by atoms with E-state index in [1.807, 2.05) is 13.0 Å². The summed E-state index contributed by atoms with van der Waals surface area (Å²) in [6, 6.07) is 10.7. The summed E-state index contributed by atoms with van der Waals surface area (Å²) in [5.74, 6) is 0.192. The van der Waals surface area contributed by atoms with Gasteiger partial charge in [-0.05, 0) is 31.4 Å². The van der Waals surface area contributed by atoms with Gasteiger partial charge in [0.15, 0.2) is 5.78 Å². The number of ketones is 1. The van der Waals surface area contributed by atoms with Crippen LogP contribution in [-0.2, 0) is 20.9 Å². The number of carbonyl (C=O) groups excluding carboxylic acids is 2. The molecule has 3 fully saturated rings. The quantitative estimate of drug-likeness (QED) is 0.690. The maximum absolute atomic E-state index is 12.9. The lowest BCUT2D eigenvalue weighted by Crippen LogP contribution is -3.27. The Bertz CT molecular complexity index is 929. The van der Waals surface area contributed by atoms with Crippen molar-refractivity contribution >= 4 is 11.8 Å². The van der Waals surface area contributed by atoms with Crippen LogP contribution in [0.3, 0.4) is 0 Å². The van der Waals surface area contributed by atoms with Crippen LogP contribution < -0.4 is 9.80 Å². The van der Waals surface area contributed by atoms with Crippen LogP contribution in [0.25, 0.3) is 0 Å². The van der Waals surface area contributed by atoms with Crippen molar-refractivity contribution in [2.75, 3.05) is 32.7 Å². The molecular formula is C26H34N2O3+2. The monoisotopic (exact) mass is 422 g/mol. The van der Waals surface area contributed by atoms with Gasteiger partial charge in [-0.15, -0.1) is 0 Å². The summed E-state index contributed by atoms with van der Waals surface area (Å²) in [5, 5.41) is 0. The number of rotatable bonds is 4. The van der Waals surface area contributed by atoms with Crippen LogP contribution in [0.5, 0.6) is 0 Å². The Kier molecular flexibility index (Phi) is 5.35. The first-order chi connectivity index (χ1) is 14.9. The molecule has 0 unspecified atom stereocenters. The first kappa shape index (κ1) is 20.7. The number of quaternary nitrogens is 2. The fourth-order valence-electron chi connectivity index (χ4n) is 6.34. The molecular weight excluding hydrogens is 388 g/mol. The molecule has 2 N–H and O–H groups in total. The fraction of sp³-hybridized carbons (Fsp3) is 0.538. The summed E-state index contributed by atoms with van der Waals surface area (Å²) in [7, 11) is 0. The Labute approximate surface area is 184 Å². The predicted octanol–water partition coefficient (Wildman–Crippen LogP) is 0.383. The van der Waals surface area contributed by atoms with E-state index in [-0.39, 0.29) is 35.1 Å². The lowest BCUT2D eigenvalue weighted by molar-refractivity contribution is -1.02. The van der Waals surface area contributed by atoms with E-state index in [0.717, 1.165) is 63.3 Å². The number of esters is 1. The summed E-state index contributed by atoms with van der Waals surface area (Å²) in [6.07, 6.45) is 5.51. The molecule has 1 aromatic carbocycles. The zero-order valence-electron chi connectivity index (χ0n) is 18.7. The number of nitrogens with one attached hydrogen (secondary N) is 2. The Morgan fingerprint density at radius 2 is 1.77 bits per heavy atom. The normalized spacial score (nSPS) is 37.4. The zero-order valence-corrected chi connectivity index (χ0v) is 18.7. The Morgan fingerprint density at radius 1 is 1.06 bits per heavy atom. The molecule has 5 nitrogen and oxygen atoms in total. The maximum Gasteiger partial charge on any atom is 0.315 e. The van der Waals surface area contributed by atoms with Crippen molar-refractivity contribution in [1.82, 2.24) is 0 Å². The first-order valence-electron chi connectivity index (χ1n) is 11.8. The molecule has 0 aromatic heterocycles. The highest BCUT2D eigenvalue weighted by atomic mass is 16.6. The SMILES string of the molecule is CC1=C2[C@H]3OC(=O)[C@H](C[NH+]4CC[NH+](Cc5ccccc5)CC4)[C@@H]3CC[C@]2(C)C=CC1=O. The highest BCUT2D eigenvalue weighted by Crippen LogP contribution is 2.52. The van der Waals surface area contributed by atoms with Crippen LogP contribution in [0, 0.1) is 17.3 Å². The van der Waals surface area contributed by atoms with Gasteiger partial charge in [0.05, 0.1) is 6.54 Å². The van der Waals surface area contributed by atoms with Crippen LogP contribution in [0.1, 0.15) is 32.3 Å². The molecule has 164 valence electrons. The second-order valence-electron chi connectivity index (χ2n) is 10.2. The number of fused-ring (bicyclic) bond motifs is 3. The van der Waals surface area contributed by atoms with E-state index in [2.05, 4.69) is 37.3 Å². The van der Waals surface area contributed by atoms with E-state index >= 15 is 0 Å². The average Bonchev–Trinajstić information content (AvgIpc) is 3.08. The maximum atomic E-state index is 12.9. The van der Waals surface area contributed by atoms with E-state index in [1.54, 1.807) is 11.0 Å². The number of carbonyl (C=O) groups is 2. The van der Waals surface area contributed by atoms with Crippen molar-refractivity contribution in [3.63, 3.8) is 0 Å². The molecule has 0 spiro atoms. The van der Waals surface area contributed by atoms with E-state index in [4.69, 9.17) is 4.74 Å². The number of piperazine rings is 1. The van der Waals surface area contributed by atoms with Gasteiger partial charge in [0, 0.05) is 22.5 Å². The largest absolute Gasteiger partial charge is 0.457 e. The second kappa shape index (κ2) is 8.03. The Hall–Kier alpha value is -2.24. The van der Waals surface area contributed by atoms with Crippen molar-refractivity contribution < 1.29 is 24.1 Å². The van der Waals surface area contributed by atoms with E-state index in [1.165, 1.54) is 10.5 Å². The minimum absolute atomic E-state index is 0.0402. The molecule has 2 saturated heterocycles. The zero-order chi connectivity index (χ0) is 21.6. The lowest BCUT2D eigenvalue weighted by atomic mass is 9.61. The Balaban J connectivity index is 1.23. The molecule has 5 heteroatoms. The van der Waals surface area contributed by atoms with Gasteiger partial charge in [-0.1, -0.05) is 43.3 Å². The molecule has 2 aliphatic carbocycles. The summed E-state index contributed by atoms with van der Waals surface area (Å²) in [6.45, 7) is 10.5. The third-order valence-electron chi connectivity index (χ3n) is 8.19. The van der Waals surface area contributed by atoms with Crippen LogP contribution in [0.4, 0.5) is 0 Å². The molecule has 1 aromatic rings. The molecule has 0 bridgehead atoms. The molecule has 0 radical (unpaired) electrons. The number of allylic oxidation sites excluding steroid dienone is 3. The van der Waals surface area contributed by atoms with Crippen molar-refractivity contribution in [3.8, 4) is 0 Å². The van der Waals surface area contributed by atoms with E-state index < -0.39 is 0 Å². The highest BCUT2D eigenvalue weighted by Gasteiger charge is 2.55. The first-order valence-corrected chi connectivity index (χ1v) is 11.8. The van der Waals surface area contributed by atoms with Gasteiger partial charge in [0.1, 0.15) is 44.7 Å². The topological polar surface area (TPSA) is 52.2 Å². The van der Waals surface area contributed by atoms with Crippen molar-refractivity contribution in [3.05, 3.63) is 59.2 Å². The number of benzene rings is 1. The van der Waals surface area contributed by atoms with Gasteiger partial charge < -0.3 is 14.5 Å². The summed E-state index contributed by atoms with van der Waals surface area (Å²) in [4.78, 5) is 28.4. The molecule has 2 aliphatic heterocycles. The molecule has 31 heavy (non-hydrogen) atoms. The number of hydrogen-bond acceptors (Lipinski definition) is 3. The smallest absolute Gasteiger partial charge is 0.315 e. The average molecular weight is 423 g/mol. The molecule has 4 aliphatic rings. The highest BCUT2D eigenvalue weighted by molar-refractivity contribution is 6.05. The van der Waals surface area contributed by atoms with Crippen LogP contribution >= 0.6 is 0 Å². The molecule has 5 rings (SSSR count). The second-order valence-corrected chi connectivity index (χ2v) is 10.2. The standard InChI is InChI=1S/C26H32N2O3/c1-18-22(29)9-11-26(2)10-8-20-21(25(30)31-24(20)23(18)26)17-28-14-12-27(13-15-28)16-19-6-4-3-5-7-19/h3-7,9,11,20-21,24H,8,10,12-17H2,1-2H3/p+2/t20-,21+,24-,26+/m0/s1. The van der Waals surface area contributed by atoms with Crippen LogP contribution in [0.2, 0.25) is 0 Å². The lowest BCUT2D eigenvalue weighted by Gasteiger charge is -2.43. The summed E-state index contributed by atoms with van der Waals surface area (Å²) in [5.41, 5.74) is 3.11. The van der Waals surface area contributed by atoms with Gasteiger partial charge in [-0.2, -0.15) is 0 Å². The predicted molar refractivity (Wildman–Crippen MR) is 117 cm³/mol. The minimum atomic E-state index is -0.213. The van der Waals surface area contributed by atoms with Crippen molar-refractivity contribution in [1.29, 1.82) is 0 Å². The molecule has 0 amide bonds. The van der Waals surface area contributed by atoms with Gasteiger partial charge in [-0.25, -0.2) is 0 Å². The van der Waals surface area contributed by atoms with E-state index in [0.29, 0.717) is 0 Å². The van der Waals surface area contributed by atoms with E-state index in [9.17, 15) is 9.59 Å². The third kappa shape index (κ3) is 3.79. The van der Waals surface area contributed by atoms with Gasteiger partial charge in [0.2, 0.25) is 0 Å². The molecule has 2 heterocycles. The minimum Gasteiger partial charge on any atom is -0.457 e. The van der Waals surface area contributed by atoms with Gasteiger partial charge in [-0.3, -0.25) is 9.59 Å². The van der Waals surface area contributed by atoms with Gasteiger partial charge in [0.25, 0.3) is 0 Å². The van der Waals surface area contributed by atoms with Crippen LogP contribution in [0.15, 0.2) is 53.6 Å². The third-order valence-corrected chi connectivity index (χ3v) is 8.19. The summed E-state index contributed by atoms with van der Waals surface area (Å²) >= 11 is 0. The van der Waals surface area contributed by atoms with Gasteiger partial charge >= 0.3 is 5.97 Å². The van der Waals surface area contributed by atoms with Crippen molar-refractivity contribution in [2.45, 2.75) is 39.3 Å².